The van der Waals surface area contributed by atoms with Crippen LogP contribution < -0.4 is 20.3 Å². The summed E-state index contributed by atoms with van der Waals surface area (Å²) in [5, 5.41) is 15.5. The van der Waals surface area contributed by atoms with E-state index in [2.05, 4.69) is 20.5 Å². The molecule has 40 heavy (non-hydrogen) atoms. The summed E-state index contributed by atoms with van der Waals surface area (Å²) in [5.74, 6) is -2.60. The number of pyridine rings is 1. The lowest BCUT2D eigenvalue weighted by molar-refractivity contribution is -0.135. The van der Waals surface area contributed by atoms with Crippen molar-refractivity contribution < 1.29 is 28.2 Å². The van der Waals surface area contributed by atoms with E-state index in [-0.39, 0.29) is 47.6 Å². The van der Waals surface area contributed by atoms with E-state index in [1.165, 1.54) is 6.20 Å². The SMILES string of the molecule is CC(C)(Oc1cc(CCO)c(Cl)cc1Cl)C(=O)NC1CC2CCC(C1)N2c1ccc(C(=O)NC2CC2(F)F)cn1. The Morgan fingerprint density at radius 2 is 1.82 bits per heavy atom. The van der Waals surface area contributed by atoms with Crippen LogP contribution >= 0.6 is 23.2 Å². The fourth-order valence-corrected chi connectivity index (χ4v) is 6.11. The van der Waals surface area contributed by atoms with Crippen molar-refractivity contribution in [1.82, 2.24) is 15.6 Å². The lowest BCUT2D eigenvalue weighted by Crippen LogP contribution is -2.55. The first-order chi connectivity index (χ1) is 18.9. The topological polar surface area (TPSA) is 104 Å². The van der Waals surface area contributed by atoms with E-state index in [1.54, 1.807) is 38.1 Å². The maximum absolute atomic E-state index is 13.3. The molecule has 2 bridgehead atoms. The summed E-state index contributed by atoms with van der Waals surface area (Å²) < 4.78 is 32.3. The summed E-state index contributed by atoms with van der Waals surface area (Å²) in [5.41, 5.74) is -0.296. The van der Waals surface area contributed by atoms with Crippen LogP contribution in [0, 0.1) is 0 Å². The third-order valence-electron chi connectivity index (χ3n) is 7.87. The predicted octanol–water partition coefficient (Wildman–Crippen LogP) is 4.53. The van der Waals surface area contributed by atoms with E-state index in [0.29, 0.717) is 22.8 Å². The van der Waals surface area contributed by atoms with Gasteiger partial charge in [-0.05, 0) is 75.8 Å². The monoisotopic (exact) mass is 596 g/mol. The number of piperidine rings is 1. The Kier molecular flexibility index (Phi) is 7.89. The van der Waals surface area contributed by atoms with Crippen molar-refractivity contribution in [2.75, 3.05) is 11.5 Å². The molecular formula is C28H32Cl2F2N4O4. The Morgan fingerprint density at radius 1 is 1.15 bits per heavy atom. The molecule has 1 aliphatic carbocycles. The summed E-state index contributed by atoms with van der Waals surface area (Å²) in [4.78, 5) is 32.2. The Labute approximate surface area is 241 Å². The number of amides is 2. The van der Waals surface area contributed by atoms with E-state index in [0.717, 1.165) is 31.5 Å². The number of rotatable bonds is 9. The molecule has 3 N–H and O–H groups in total. The van der Waals surface area contributed by atoms with E-state index >= 15 is 0 Å². The zero-order valence-electron chi connectivity index (χ0n) is 22.2. The van der Waals surface area contributed by atoms with Gasteiger partial charge in [0.25, 0.3) is 17.7 Å². The number of aliphatic hydroxyl groups excluding tert-OH is 1. The molecule has 2 saturated heterocycles. The van der Waals surface area contributed by atoms with Crippen LogP contribution in [0.4, 0.5) is 14.6 Å². The van der Waals surface area contributed by atoms with Crippen molar-refractivity contribution in [3.05, 3.63) is 51.6 Å². The Bertz CT molecular complexity index is 1280. The van der Waals surface area contributed by atoms with Crippen molar-refractivity contribution >= 4 is 40.8 Å². The molecule has 3 aliphatic rings. The number of aliphatic hydroxyl groups is 1. The highest BCUT2D eigenvalue weighted by atomic mass is 35.5. The molecule has 3 unspecified atom stereocenters. The largest absolute Gasteiger partial charge is 0.476 e. The number of ether oxygens (including phenoxy) is 1. The lowest BCUT2D eigenvalue weighted by atomic mass is 9.96. The summed E-state index contributed by atoms with van der Waals surface area (Å²) in [7, 11) is 0. The van der Waals surface area contributed by atoms with Gasteiger partial charge in [0.15, 0.2) is 5.60 Å². The van der Waals surface area contributed by atoms with Gasteiger partial charge >= 0.3 is 0 Å². The number of hydrogen-bond donors (Lipinski definition) is 3. The van der Waals surface area contributed by atoms with E-state index in [1.807, 2.05) is 0 Å². The van der Waals surface area contributed by atoms with Crippen molar-refractivity contribution in [2.45, 2.75) is 88.1 Å². The molecule has 1 aromatic heterocycles. The number of anilines is 1. The third kappa shape index (κ3) is 5.99. The zero-order valence-corrected chi connectivity index (χ0v) is 23.7. The van der Waals surface area contributed by atoms with Gasteiger partial charge in [0.05, 0.1) is 16.6 Å². The number of hydrogen-bond acceptors (Lipinski definition) is 6. The average molecular weight is 597 g/mol. The van der Waals surface area contributed by atoms with Crippen LogP contribution in [0.3, 0.4) is 0 Å². The standard InChI is InChI=1S/C28H32Cl2F2N4O4/c1-27(2,40-22-9-15(7-8-37)20(29)12-21(22)30)26(39)34-17-10-18-4-5-19(11-17)36(18)24-6-3-16(14-33-24)25(38)35-23-13-28(23,31)32/h3,6,9,12,14,17-19,23,37H,4-5,7-8,10-11,13H2,1-2H3,(H,34,39)(H,35,38). The van der Waals surface area contributed by atoms with Crippen LogP contribution in [0.2, 0.25) is 10.0 Å². The number of aromatic nitrogens is 1. The summed E-state index contributed by atoms with van der Waals surface area (Å²) >= 11 is 12.5. The molecule has 2 aliphatic heterocycles. The number of fused-ring (bicyclic) bond motifs is 2. The van der Waals surface area contributed by atoms with Crippen LogP contribution in [-0.2, 0) is 11.2 Å². The summed E-state index contributed by atoms with van der Waals surface area (Å²) in [6, 6.07) is 5.73. The molecule has 8 nitrogen and oxygen atoms in total. The maximum Gasteiger partial charge on any atom is 0.270 e. The van der Waals surface area contributed by atoms with Crippen LogP contribution in [0.1, 0.15) is 61.9 Å². The normalized spacial score (nSPS) is 24.9. The van der Waals surface area contributed by atoms with Crippen molar-refractivity contribution in [3.63, 3.8) is 0 Å². The molecule has 2 amide bonds. The first-order valence-electron chi connectivity index (χ1n) is 13.4. The van der Waals surface area contributed by atoms with Crippen LogP contribution in [-0.4, -0.2) is 64.2 Å². The Balaban J connectivity index is 1.19. The number of halogens is 4. The second kappa shape index (κ2) is 10.9. The molecule has 0 radical (unpaired) electrons. The lowest BCUT2D eigenvalue weighted by Gasteiger charge is -2.40. The van der Waals surface area contributed by atoms with Crippen LogP contribution in [0.5, 0.6) is 5.75 Å². The maximum atomic E-state index is 13.3. The average Bonchev–Trinajstić information content (AvgIpc) is 3.40. The molecular weight excluding hydrogens is 565 g/mol. The van der Waals surface area contributed by atoms with E-state index in [9.17, 15) is 23.5 Å². The Hall–Kier alpha value is -2.69. The minimum absolute atomic E-state index is 0.0555. The molecule has 2 aromatic rings. The van der Waals surface area contributed by atoms with Gasteiger partial charge < -0.3 is 25.4 Å². The van der Waals surface area contributed by atoms with Gasteiger partial charge in [-0.2, -0.15) is 0 Å². The molecule has 0 spiro atoms. The number of carbonyl (C=O) groups excluding carboxylic acids is 2. The molecule has 5 rings (SSSR count). The second-order valence-corrected chi connectivity index (χ2v) is 12.1. The number of alkyl halides is 2. The number of nitrogens with one attached hydrogen (secondary N) is 2. The molecule has 216 valence electrons. The number of benzene rings is 1. The molecule has 3 fully saturated rings. The fraction of sp³-hybridized carbons (Fsp3) is 0.536. The first-order valence-corrected chi connectivity index (χ1v) is 14.2. The summed E-state index contributed by atoms with van der Waals surface area (Å²) in [6.07, 6.45) is 4.78. The van der Waals surface area contributed by atoms with Gasteiger partial charge in [-0.15, -0.1) is 0 Å². The van der Waals surface area contributed by atoms with Gasteiger partial charge in [0.2, 0.25) is 0 Å². The van der Waals surface area contributed by atoms with Crippen LogP contribution in [0.15, 0.2) is 30.5 Å². The molecule has 3 heterocycles. The van der Waals surface area contributed by atoms with Crippen molar-refractivity contribution in [3.8, 4) is 5.75 Å². The first kappa shape index (κ1) is 28.8. The summed E-state index contributed by atoms with van der Waals surface area (Å²) in [6.45, 7) is 3.27. The quantitative estimate of drug-likeness (QED) is 0.393. The molecule has 3 atom stereocenters. The minimum atomic E-state index is -2.82. The molecule has 12 heteroatoms. The Morgan fingerprint density at radius 3 is 2.40 bits per heavy atom. The predicted molar refractivity (Wildman–Crippen MR) is 147 cm³/mol. The highest BCUT2D eigenvalue weighted by molar-refractivity contribution is 6.36. The highest BCUT2D eigenvalue weighted by Crippen LogP contribution is 2.42. The molecule has 1 aromatic carbocycles. The van der Waals surface area contributed by atoms with Gasteiger partial charge in [0.1, 0.15) is 11.6 Å². The van der Waals surface area contributed by atoms with E-state index < -0.39 is 23.5 Å². The number of carbonyl (C=O) groups is 2. The number of nitrogens with zero attached hydrogens (tertiary/aromatic N) is 2. The van der Waals surface area contributed by atoms with Gasteiger partial charge in [0, 0.05) is 42.4 Å². The van der Waals surface area contributed by atoms with Crippen LogP contribution in [0.25, 0.3) is 0 Å². The zero-order chi connectivity index (χ0) is 28.8. The van der Waals surface area contributed by atoms with Gasteiger partial charge in [-0.1, -0.05) is 23.2 Å². The van der Waals surface area contributed by atoms with E-state index in [4.69, 9.17) is 27.9 Å². The van der Waals surface area contributed by atoms with Gasteiger partial charge in [-0.25, -0.2) is 13.8 Å². The fourth-order valence-electron chi connectivity index (χ4n) is 5.60. The second-order valence-electron chi connectivity index (χ2n) is 11.3. The molecule has 1 saturated carbocycles. The van der Waals surface area contributed by atoms with Crippen molar-refractivity contribution in [1.29, 1.82) is 0 Å². The third-order valence-corrected chi connectivity index (χ3v) is 8.52. The van der Waals surface area contributed by atoms with Gasteiger partial charge in [-0.3, -0.25) is 9.59 Å². The smallest absolute Gasteiger partial charge is 0.270 e. The van der Waals surface area contributed by atoms with Crippen molar-refractivity contribution in [2.24, 2.45) is 0 Å². The highest BCUT2D eigenvalue weighted by Gasteiger charge is 2.58. The minimum Gasteiger partial charge on any atom is -0.476 e.